The number of hydrogen-bond donors (Lipinski definition) is 0. The zero-order chi connectivity index (χ0) is 18.8. The van der Waals surface area contributed by atoms with Gasteiger partial charge in [-0.25, -0.2) is 0 Å². The standard InChI is InChI=1S/C23H19Br2PS/c24-23-19(16-17-27-23)18-26(25,20-10-4-1-5-11-20,21-12-6-2-7-13-21)22-14-8-3-9-15-22/h1-17H,18H2. The van der Waals surface area contributed by atoms with Crippen LogP contribution in [0, 0.1) is 0 Å². The van der Waals surface area contributed by atoms with Crippen LogP contribution in [0.2, 0.25) is 0 Å². The van der Waals surface area contributed by atoms with Gasteiger partial charge in [0.15, 0.2) is 0 Å². The van der Waals surface area contributed by atoms with E-state index in [-0.39, 0.29) is 0 Å². The first-order valence-corrected chi connectivity index (χ1v) is 14.9. The monoisotopic (exact) mass is 516 g/mol. The summed E-state index contributed by atoms with van der Waals surface area (Å²) >= 11 is 10.0. The summed E-state index contributed by atoms with van der Waals surface area (Å²) in [5.41, 5.74) is 1.34. The van der Waals surface area contributed by atoms with Gasteiger partial charge in [0.1, 0.15) is 0 Å². The normalized spacial score (nSPS) is 13.0. The summed E-state index contributed by atoms with van der Waals surface area (Å²) in [4.78, 5) is 0. The van der Waals surface area contributed by atoms with E-state index in [2.05, 4.69) is 134 Å². The van der Waals surface area contributed by atoms with Gasteiger partial charge < -0.3 is 0 Å². The number of thiophene rings is 1. The second kappa shape index (κ2) is 7.64. The van der Waals surface area contributed by atoms with Gasteiger partial charge in [0, 0.05) is 0 Å². The molecule has 4 heteroatoms. The molecule has 0 amide bonds. The molecule has 0 saturated heterocycles. The second-order valence-electron chi connectivity index (χ2n) is 6.57. The number of hydrogen-bond acceptors (Lipinski definition) is 1. The van der Waals surface area contributed by atoms with E-state index in [0.717, 1.165) is 6.16 Å². The summed E-state index contributed by atoms with van der Waals surface area (Å²) in [6.07, 6.45) is 0.924. The van der Waals surface area contributed by atoms with E-state index in [1.807, 2.05) is 0 Å². The molecule has 0 spiro atoms. The Morgan fingerprint density at radius 1 is 0.630 bits per heavy atom. The predicted octanol–water partition coefficient (Wildman–Crippen LogP) is 6.85. The van der Waals surface area contributed by atoms with Gasteiger partial charge in [-0.15, -0.1) is 0 Å². The van der Waals surface area contributed by atoms with Crippen LogP contribution in [0.1, 0.15) is 5.56 Å². The van der Waals surface area contributed by atoms with Crippen LogP contribution in [0.15, 0.2) is 106 Å². The molecule has 0 unspecified atom stereocenters. The van der Waals surface area contributed by atoms with Gasteiger partial charge in [-0.1, -0.05) is 0 Å². The Kier molecular flexibility index (Phi) is 5.40. The van der Waals surface area contributed by atoms with Crippen molar-refractivity contribution in [2.45, 2.75) is 6.16 Å². The maximum absolute atomic E-state index is 4.49. The molecule has 0 aliphatic heterocycles. The molecule has 3 aromatic carbocycles. The van der Waals surface area contributed by atoms with E-state index in [1.165, 1.54) is 25.3 Å². The van der Waals surface area contributed by atoms with E-state index in [4.69, 9.17) is 0 Å². The minimum atomic E-state index is -2.89. The van der Waals surface area contributed by atoms with Crippen LogP contribution in [0.5, 0.6) is 0 Å². The molecular formula is C23H19Br2PS. The van der Waals surface area contributed by atoms with Crippen LogP contribution in [0.25, 0.3) is 0 Å². The number of rotatable bonds is 5. The van der Waals surface area contributed by atoms with Gasteiger partial charge >= 0.3 is 182 Å². The average Bonchev–Trinajstić information content (AvgIpc) is 3.14. The Bertz CT molecular complexity index is 930. The summed E-state index contributed by atoms with van der Waals surface area (Å²) in [5.74, 6) is 0. The number of halogens is 2. The molecular weight excluding hydrogens is 499 g/mol. The summed E-state index contributed by atoms with van der Waals surface area (Å²) < 4.78 is 1.21. The Morgan fingerprint density at radius 3 is 1.37 bits per heavy atom. The fourth-order valence-corrected chi connectivity index (χ4v) is 12.9. The van der Waals surface area contributed by atoms with E-state index >= 15 is 0 Å². The van der Waals surface area contributed by atoms with Crippen molar-refractivity contribution < 1.29 is 0 Å². The summed E-state index contributed by atoms with van der Waals surface area (Å²) in [6, 6.07) is 35.0. The van der Waals surface area contributed by atoms with Gasteiger partial charge in [-0.3, -0.25) is 0 Å². The average molecular weight is 518 g/mol. The van der Waals surface area contributed by atoms with Crippen LogP contribution < -0.4 is 15.9 Å². The van der Waals surface area contributed by atoms with E-state index < -0.39 is 5.31 Å². The van der Waals surface area contributed by atoms with Crippen molar-refractivity contribution in [3.8, 4) is 0 Å². The Balaban J connectivity index is 2.11. The third kappa shape index (κ3) is 3.25. The predicted molar refractivity (Wildman–Crippen MR) is 130 cm³/mol. The van der Waals surface area contributed by atoms with Crippen LogP contribution >= 0.6 is 48.1 Å². The van der Waals surface area contributed by atoms with Gasteiger partial charge in [0.25, 0.3) is 0 Å². The van der Waals surface area contributed by atoms with Crippen molar-refractivity contribution in [1.29, 1.82) is 0 Å². The van der Waals surface area contributed by atoms with Crippen molar-refractivity contribution in [1.82, 2.24) is 0 Å². The summed E-state index contributed by atoms with van der Waals surface area (Å²) in [6.45, 7) is 0. The first-order chi connectivity index (χ1) is 13.1. The van der Waals surface area contributed by atoms with E-state index in [0.29, 0.717) is 0 Å². The van der Waals surface area contributed by atoms with Gasteiger partial charge in [-0.05, 0) is 0 Å². The van der Waals surface area contributed by atoms with E-state index in [9.17, 15) is 0 Å². The van der Waals surface area contributed by atoms with Gasteiger partial charge in [0.2, 0.25) is 0 Å². The third-order valence-corrected chi connectivity index (χ3v) is 16.4. The fourth-order valence-electron chi connectivity index (χ4n) is 3.69. The van der Waals surface area contributed by atoms with Gasteiger partial charge in [-0.2, -0.15) is 0 Å². The Morgan fingerprint density at radius 2 is 1.04 bits per heavy atom. The van der Waals surface area contributed by atoms with Crippen molar-refractivity contribution in [3.05, 3.63) is 112 Å². The fraction of sp³-hybridized carbons (Fsp3) is 0.0435. The minimum absolute atomic E-state index is 0.924. The molecule has 0 bridgehead atoms. The van der Waals surface area contributed by atoms with Crippen molar-refractivity contribution >= 4 is 64.0 Å². The molecule has 0 nitrogen and oxygen atoms in total. The molecule has 0 fully saturated rings. The van der Waals surface area contributed by atoms with Crippen LogP contribution in [0.4, 0.5) is 0 Å². The first kappa shape index (κ1) is 19.1. The summed E-state index contributed by atoms with van der Waals surface area (Å²) in [7, 11) is 0. The maximum atomic E-state index is 4.49. The molecule has 1 heterocycles. The molecule has 1 aromatic heterocycles. The molecule has 136 valence electrons. The SMILES string of the molecule is Brc1sccc1CP(Br)(c1ccccc1)(c1ccccc1)c1ccccc1. The Hall–Kier alpha value is -1.25. The Labute approximate surface area is 181 Å². The first-order valence-electron chi connectivity index (χ1n) is 8.74. The van der Waals surface area contributed by atoms with Crippen LogP contribution in [-0.2, 0) is 6.16 Å². The van der Waals surface area contributed by atoms with Crippen LogP contribution in [0.3, 0.4) is 0 Å². The van der Waals surface area contributed by atoms with Crippen molar-refractivity contribution in [3.63, 3.8) is 0 Å². The molecule has 0 saturated carbocycles. The molecule has 0 aliphatic carbocycles. The molecule has 0 atom stereocenters. The summed E-state index contributed by atoms with van der Waals surface area (Å²) in [5, 5.41) is 3.31. The molecule has 4 rings (SSSR count). The van der Waals surface area contributed by atoms with E-state index in [1.54, 1.807) is 11.3 Å². The molecule has 0 aliphatic rings. The topological polar surface area (TPSA) is 0 Å². The van der Waals surface area contributed by atoms with Crippen LogP contribution in [-0.4, -0.2) is 0 Å². The molecule has 0 N–H and O–H groups in total. The quantitative estimate of drug-likeness (QED) is 0.254. The van der Waals surface area contributed by atoms with Crippen molar-refractivity contribution in [2.75, 3.05) is 0 Å². The van der Waals surface area contributed by atoms with Crippen molar-refractivity contribution in [2.24, 2.45) is 0 Å². The molecule has 4 aromatic rings. The third-order valence-electron chi connectivity index (χ3n) is 5.04. The zero-order valence-corrected chi connectivity index (χ0v) is 19.5. The zero-order valence-electron chi connectivity index (χ0n) is 14.6. The molecule has 0 radical (unpaired) electrons. The van der Waals surface area contributed by atoms with Gasteiger partial charge in [0.05, 0.1) is 0 Å². The number of benzene rings is 3. The molecule has 27 heavy (non-hydrogen) atoms. The second-order valence-corrected chi connectivity index (χ2v) is 17.7.